The molecule has 41 heavy (non-hydrogen) atoms. The van der Waals surface area contributed by atoms with Gasteiger partial charge in [0.05, 0.1) is 12.1 Å². The number of carboxylic acids is 1. The number of phenolic OH excluding ortho intramolecular Hbond substituents is 2. The maximum atomic E-state index is 13.3. The average molecular weight is 574 g/mol. The molecule has 11 N–H and O–H groups in total. The first kappa shape index (κ1) is 32.5. The van der Waals surface area contributed by atoms with Crippen molar-refractivity contribution in [2.24, 2.45) is 11.5 Å². The van der Waals surface area contributed by atoms with Crippen LogP contribution in [0.25, 0.3) is 0 Å². The molecule has 0 spiro atoms. The van der Waals surface area contributed by atoms with Crippen molar-refractivity contribution >= 4 is 29.6 Å². The van der Waals surface area contributed by atoms with E-state index in [0.717, 1.165) is 0 Å². The van der Waals surface area contributed by atoms with E-state index in [1.807, 2.05) is 0 Å². The summed E-state index contributed by atoms with van der Waals surface area (Å²) in [5, 5.41) is 45.2. The maximum Gasteiger partial charge on any atom is 0.328 e. The van der Waals surface area contributed by atoms with Gasteiger partial charge in [-0.2, -0.15) is 0 Å². The molecule has 0 bridgehead atoms. The summed E-state index contributed by atoms with van der Waals surface area (Å²) in [5.41, 5.74) is 12.4. The second-order valence-electron chi connectivity index (χ2n) is 9.54. The van der Waals surface area contributed by atoms with E-state index >= 15 is 0 Å². The number of hydrogen-bond acceptors (Lipinski definition) is 9. The Kier molecular flexibility index (Phi) is 12.0. The minimum atomic E-state index is -1.68. The van der Waals surface area contributed by atoms with Gasteiger partial charge in [-0.25, -0.2) is 4.79 Å². The smallest absolute Gasteiger partial charge is 0.328 e. The van der Waals surface area contributed by atoms with Crippen LogP contribution in [0.15, 0.2) is 48.5 Å². The number of benzene rings is 2. The van der Waals surface area contributed by atoms with E-state index in [9.17, 15) is 44.4 Å². The van der Waals surface area contributed by atoms with Gasteiger partial charge in [-0.3, -0.25) is 19.2 Å². The highest BCUT2D eigenvalue weighted by molar-refractivity contribution is 5.94. The van der Waals surface area contributed by atoms with Crippen LogP contribution in [0.3, 0.4) is 0 Å². The summed E-state index contributed by atoms with van der Waals surface area (Å²) in [4.78, 5) is 62.1. The lowest BCUT2D eigenvalue weighted by molar-refractivity contribution is -0.145. The van der Waals surface area contributed by atoms with Crippen molar-refractivity contribution in [2.75, 3.05) is 0 Å². The number of primary amides is 1. The van der Waals surface area contributed by atoms with Crippen molar-refractivity contribution in [3.63, 3.8) is 0 Å². The summed E-state index contributed by atoms with van der Waals surface area (Å²) in [6.45, 7) is 1.17. The molecule has 5 unspecified atom stereocenters. The van der Waals surface area contributed by atoms with Gasteiger partial charge in [0, 0.05) is 12.8 Å². The number of aliphatic hydroxyl groups excluding tert-OH is 1. The zero-order valence-corrected chi connectivity index (χ0v) is 22.3. The van der Waals surface area contributed by atoms with E-state index in [1.165, 1.54) is 43.3 Å². The second kappa shape index (κ2) is 15.2. The zero-order valence-electron chi connectivity index (χ0n) is 22.3. The molecule has 0 saturated heterocycles. The van der Waals surface area contributed by atoms with Gasteiger partial charge in [0.1, 0.15) is 23.6 Å². The van der Waals surface area contributed by atoms with E-state index in [0.29, 0.717) is 11.1 Å². The molecule has 0 radical (unpaired) electrons. The van der Waals surface area contributed by atoms with Gasteiger partial charge in [-0.15, -0.1) is 0 Å². The number of hydrogen-bond donors (Lipinski definition) is 9. The highest BCUT2D eigenvalue weighted by Crippen LogP contribution is 2.13. The van der Waals surface area contributed by atoms with Crippen LogP contribution >= 0.6 is 0 Å². The molecule has 2 rings (SSSR count). The molecular weight excluding hydrogens is 538 g/mol. The molecule has 0 fully saturated rings. The van der Waals surface area contributed by atoms with Gasteiger partial charge in [-0.1, -0.05) is 24.3 Å². The summed E-state index contributed by atoms with van der Waals surface area (Å²) >= 11 is 0. The predicted octanol–water partition coefficient (Wildman–Crippen LogP) is -1.60. The Bertz CT molecular complexity index is 1220. The van der Waals surface area contributed by atoms with Crippen LogP contribution in [-0.2, 0) is 36.8 Å². The second-order valence-corrected chi connectivity index (χ2v) is 9.54. The number of carbonyl (C=O) groups excluding carboxylic acids is 4. The van der Waals surface area contributed by atoms with Crippen LogP contribution < -0.4 is 27.4 Å². The molecule has 0 saturated carbocycles. The van der Waals surface area contributed by atoms with Gasteiger partial charge in [0.2, 0.25) is 23.6 Å². The summed E-state index contributed by atoms with van der Waals surface area (Å²) in [5.74, 6) is -4.81. The Morgan fingerprint density at radius 2 is 1.22 bits per heavy atom. The lowest BCUT2D eigenvalue weighted by atomic mass is 10.0. The van der Waals surface area contributed by atoms with Gasteiger partial charge in [-0.05, 0) is 55.2 Å². The van der Waals surface area contributed by atoms with Gasteiger partial charge >= 0.3 is 5.97 Å². The largest absolute Gasteiger partial charge is 0.508 e. The Labute approximate surface area is 235 Å². The van der Waals surface area contributed by atoms with Crippen molar-refractivity contribution in [3.05, 3.63) is 59.7 Å². The molecule has 2 aromatic carbocycles. The van der Waals surface area contributed by atoms with Gasteiger partial charge in [0.25, 0.3) is 0 Å². The quantitative estimate of drug-likeness (QED) is 0.118. The predicted molar refractivity (Wildman–Crippen MR) is 145 cm³/mol. The van der Waals surface area contributed by atoms with Crippen molar-refractivity contribution in [3.8, 4) is 11.5 Å². The lowest BCUT2D eigenvalue weighted by Crippen LogP contribution is -2.59. The Balaban J connectivity index is 2.24. The number of carbonyl (C=O) groups is 5. The number of phenols is 2. The molecule has 4 amide bonds. The normalized spacial score (nSPS) is 14.5. The van der Waals surface area contributed by atoms with Crippen LogP contribution in [-0.4, -0.2) is 80.3 Å². The molecule has 0 heterocycles. The molecule has 5 atom stereocenters. The van der Waals surface area contributed by atoms with Crippen molar-refractivity contribution < 1.29 is 44.4 Å². The molecule has 14 nitrogen and oxygen atoms in total. The number of nitrogens with two attached hydrogens (primary N) is 2. The molecule has 0 aliphatic heterocycles. The third-order valence-corrected chi connectivity index (χ3v) is 6.10. The molecular formula is C27H35N5O9. The number of aliphatic hydroxyl groups is 1. The summed E-state index contributed by atoms with van der Waals surface area (Å²) in [7, 11) is 0. The van der Waals surface area contributed by atoms with Gasteiger partial charge in [0.15, 0.2) is 6.04 Å². The number of rotatable bonds is 15. The Morgan fingerprint density at radius 3 is 1.68 bits per heavy atom. The highest BCUT2D eigenvalue weighted by Gasteiger charge is 2.32. The third kappa shape index (κ3) is 10.8. The van der Waals surface area contributed by atoms with Crippen molar-refractivity contribution in [1.29, 1.82) is 0 Å². The fourth-order valence-electron chi connectivity index (χ4n) is 3.80. The molecule has 222 valence electrons. The first-order valence-corrected chi connectivity index (χ1v) is 12.7. The van der Waals surface area contributed by atoms with Crippen LogP contribution in [0.1, 0.15) is 30.9 Å². The Hall–Kier alpha value is -4.69. The van der Waals surface area contributed by atoms with Gasteiger partial charge < -0.3 is 47.8 Å². The average Bonchev–Trinajstić information content (AvgIpc) is 2.90. The van der Waals surface area contributed by atoms with Crippen LogP contribution in [0.5, 0.6) is 11.5 Å². The standard InChI is InChI=1S/C27H35N5O9/c1-14(33)23(27(40)41)32-26(39)21(13-16-4-8-18(35)9-5-16)31-25(38)20(10-11-22(29)36)30-24(37)19(28)12-15-2-6-17(34)7-3-15/h2-9,14,19-21,23,33-35H,10-13,28H2,1H3,(H2,29,36)(H,30,37)(H,31,38)(H,32,39)(H,40,41). The highest BCUT2D eigenvalue weighted by atomic mass is 16.4. The monoisotopic (exact) mass is 573 g/mol. The van der Waals surface area contributed by atoms with Crippen LogP contribution in [0.4, 0.5) is 0 Å². The number of nitrogens with one attached hydrogen (secondary N) is 3. The van der Waals surface area contributed by atoms with Crippen molar-refractivity contribution in [2.45, 2.75) is 62.9 Å². The summed E-state index contributed by atoms with van der Waals surface area (Å²) < 4.78 is 0. The first-order valence-electron chi connectivity index (χ1n) is 12.7. The number of aromatic hydroxyl groups is 2. The number of aliphatic carboxylic acids is 1. The molecule has 0 aliphatic rings. The van der Waals surface area contributed by atoms with E-state index in [-0.39, 0.29) is 37.2 Å². The molecule has 0 aliphatic carbocycles. The Morgan fingerprint density at radius 1 is 0.756 bits per heavy atom. The lowest BCUT2D eigenvalue weighted by Gasteiger charge is -2.26. The number of amides is 4. The van der Waals surface area contributed by atoms with Crippen molar-refractivity contribution in [1.82, 2.24) is 16.0 Å². The minimum absolute atomic E-state index is 0.0315. The molecule has 0 aromatic heterocycles. The minimum Gasteiger partial charge on any atom is -0.508 e. The maximum absolute atomic E-state index is 13.3. The third-order valence-electron chi connectivity index (χ3n) is 6.10. The van der Waals surface area contributed by atoms with E-state index in [4.69, 9.17) is 11.5 Å². The first-order chi connectivity index (χ1) is 19.3. The SMILES string of the molecule is CC(O)C(NC(=O)C(Cc1ccc(O)cc1)NC(=O)C(CCC(N)=O)NC(=O)C(N)Cc1ccc(O)cc1)C(=O)O. The van der Waals surface area contributed by atoms with E-state index in [2.05, 4.69) is 16.0 Å². The number of carboxylic acid groups (broad SMARTS) is 1. The van der Waals surface area contributed by atoms with E-state index < -0.39 is 59.9 Å². The zero-order chi connectivity index (χ0) is 30.7. The summed E-state index contributed by atoms with van der Waals surface area (Å²) in [6.07, 6.45) is -2.06. The van der Waals surface area contributed by atoms with E-state index in [1.54, 1.807) is 12.1 Å². The fraction of sp³-hybridized carbons (Fsp3) is 0.370. The van der Waals surface area contributed by atoms with Crippen LogP contribution in [0, 0.1) is 0 Å². The fourth-order valence-corrected chi connectivity index (χ4v) is 3.80. The van der Waals surface area contributed by atoms with Crippen LogP contribution in [0.2, 0.25) is 0 Å². The summed E-state index contributed by atoms with van der Waals surface area (Å²) in [6, 6.07) is 6.17. The topological polar surface area (TPSA) is 254 Å². The molecule has 2 aromatic rings. The molecule has 14 heteroatoms.